The third kappa shape index (κ3) is 4.01. The second-order valence-electron chi connectivity index (χ2n) is 7.17. The van der Waals surface area contributed by atoms with E-state index in [0.717, 1.165) is 24.0 Å². The molecule has 0 saturated carbocycles. The Morgan fingerprint density at radius 1 is 0.867 bits per heavy atom. The van der Waals surface area contributed by atoms with E-state index < -0.39 is 0 Å². The number of carbonyl (C=O) groups is 1. The Balaban J connectivity index is 1.64. The lowest BCUT2D eigenvalue weighted by molar-refractivity contribution is 0.102. The fourth-order valence-electron chi connectivity index (χ4n) is 3.43. The maximum absolute atomic E-state index is 13.0. The minimum absolute atomic E-state index is 0.164. The van der Waals surface area contributed by atoms with Crippen LogP contribution in [-0.4, -0.2) is 15.7 Å². The molecule has 0 spiro atoms. The summed E-state index contributed by atoms with van der Waals surface area (Å²) in [6, 6.07) is 24.9. The summed E-state index contributed by atoms with van der Waals surface area (Å²) in [4.78, 5) is 25.7. The Kier molecular flexibility index (Phi) is 5.70. The van der Waals surface area contributed by atoms with Crippen molar-refractivity contribution < 1.29 is 4.79 Å². The van der Waals surface area contributed by atoms with Crippen LogP contribution in [0.5, 0.6) is 0 Å². The summed E-state index contributed by atoms with van der Waals surface area (Å²) in [5.74, 6) is -0.330. The van der Waals surface area contributed by atoms with Crippen molar-refractivity contribution in [2.45, 2.75) is 26.3 Å². The maximum atomic E-state index is 13.0. The predicted molar refractivity (Wildman–Crippen MR) is 121 cm³/mol. The van der Waals surface area contributed by atoms with Crippen LogP contribution >= 0.6 is 0 Å². The van der Waals surface area contributed by atoms with Gasteiger partial charge in [-0.3, -0.25) is 9.59 Å². The summed E-state index contributed by atoms with van der Waals surface area (Å²) in [6.07, 6.45) is 1.77. The number of unbranched alkanes of at least 4 members (excludes halogenated alkanes) is 1. The van der Waals surface area contributed by atoms with Crippen molar-refractivity contribution >= 4 is 22.4 Å². The average Bonchev–Trinajstić information content (AvgIpc) is 2.80. The first-order valence-electron chi connectivity index (χ1n) is 10.1. The Hall–Kier alpha value is -3.73. The highest BCUT2D eigenvalue weighted by Crippen LogP contribution is 2.22. The van der Waals surface area contributed by atoms with Crippen molar-refractivity contribution in [1.29, 1.82) is 0 Å². The smallest absolute Gasteiger partial charge is 0.276 e. The van der Waals surface area contributed by atoms with Crippen LogP contribution < -0.4 is 10.9 Å². The first-order chi connectivity index (χ1) is 14.7. The van der Waals surface area contributed by atoms with Gasteiger partial charge in [0.25, 0.3) is 11.5 Å². The molecule has 0 fully saturated rings. The lowest BCUT2D eigenvalue weighted by atomic mass is 10.1. The molecule has 1 amide bonds. The van der Waals surface area contributed by atoms with Gasteiger partial charge in [0.1, 0.15) is 0 Å². The monoisotopic (exact) mass is 397 g/mol. The topological polar surface area (TPSA) is 64.0 Å². The number of rotatable bonds is 6. The van der Waals surface area contributed by atoms with E-state index >= 15 is 0 Å². The quantitative estimate of drug-likeness (QED) is 0.491. The first kappa shape index (κ1) is 19.6. The second kappa shape index (κ2) is 8.74. The van der Waals surface area contributed by atoms with E-state index in [4.69, 9.17) is 0 Å². The Bertz CT molecular complexity index is 1230. The van der Waals surface area contributed by atoms with E-state index in [1.165, 1.54) is 4.68 Å². The van der Waals surface area contributed by atoms with Gasteiger partial charge < -0.3 is 5.32 Å². The lowest BCUT2D eigenvalue weighted by Crippen LogP contribution is -2.27. The predicted octanol–water partition coefficient (Wildman–Crippen LogP) is 5.12. The minimum atomic E-state index is -0.330. The van der Waals surface area contributed by atoms with E-state index in [2.05, 4.69) is 17.3 Å². The van der Waals surface area contributed by atoms with Crippen LogP contribution in [0.1, 0.15) is 30.3 Å². The van der Waals surface area contributed by atoms with E-state index in [9.17, 15) is 9.59 Å². The molecule has 1 N–H and O–H groups in total. The zero-order valence-corrected chi connectivity index (χ0v) is 16.8. The number of nitrogens with zero attached hydrogens (tertiary/aromatic N) is 2. The lowest BCUT2D eigenvalue weighted by Gasteiger charge is -2.11. The van der Waals surface area contributed by atoms with Crippen LogP contribution in [0.15, 0.2) is 83.7 Å². The molecule has 150 valence electrons. The van der Waals surface area contributed by atoms with Gasteiger partial charge in [-0.05, 0) is 35.7 Å². The van der Waals surface area contributed by atoms with Crippen LogP contribution in [0.2, 0.25) is 0 Å². The molecule has 5 nitrogen and oxygen atoms in total. The zero-order chi connectivity index (χ0) is 20.9. The number of fused-ring (bicyclic) bond motifs is 1. The first-order valence-corrected chi connectivity index (χ1v) is 10.1. The highest BCUT2D eigenvalue weighted by molar-refractivity contribution is 6.11. The number of benzene rings is 3. The number of hydrogen-bond donors (Lipinski definition) is 1. The Morgan fingerprint density at radius 2 is 1.50 bits per heavy atom. The summed E-state index contributed by atoms with van der Waals surface area (Å²) in [6.45, 7) is 2.55. The zero-order valence-electron chi connectivity index (χ0n) is 16.8. The number of aryl methyl sites for hydroxylation is 1. The molecule has 30 heavy (non-hydrogen) atoms. The van der Waals surface area contributed by atoms with E-state index in [1.54, 1.807) is 18.2 Å². The molecule has 0 aliphatic heterocycles. The highest BCUT2D eigenvalue weighted by atomic mass is 16.2. The van der Waals surface area contributed by atoms with Gasteiger partial charge >= 0.3 is 0 Å². The van der Waals surface area contributed by atoms with Crippen LogP contribution in [0.3, 0.4) is 0 Å². The molecule has 0 unspecified atom stereocenters. The van der Waals surface area contributed by atoms with Crippen LogP contribution in [-0.2, 0) is 6.54 Å². The number of anilines is 1. The third-order valence-corrected chi connectivity index (χ3v) is 5.06. The van der Waals surface area contributed by atoms with Crippen molar-refractivity contribution in [3.8, 4) is 11.1 Å². The van der Waals surface area contributed by atoms with Gasteiger partial charge in [-0.2, -0.15) is 5.10 Å². The molecule has 0 bridgehead atoms. The molecule has 0 aliphatic carbocycles. The second-order valence-corrected chi connectivity index (χ2v) is 7.17. The SMILES string of the molecule is CCCCn1nc(C(=O)Nc2ccc(-c3ccccc3)cc2)c2ccccc2c1=O. The van der Waals surface area contributed by atoms with Gasteiger partial charge in [-0.1, -0.05) is 74.0 Å². The van der Waals surface area contributed by atoms with Crippen LogP contribution in [0.4, 0.5) is 5.69 Å². The molecule has 4 rings (SSSR count). The summed E-state index contributed by atoms with van der Waals surface area (Å²) in [5, 5.41) is 8.38. The average molecular weight is 397 g/mol. The van der Waals surface area contributed by atoms with Crippen molar-refractivity contribution in [2.24, 2.45) is 0 Å². The van der Waals surface area contributed by atoms with Gasteiger partial charge in [0, 0.05) is 17.6 Å². The van der Waals surface area contributed by atoms with Crippen molar-refractivity contribution in [3.05, 3.63) is 94.9 Å². The number of hydrogen-bond acceptors (Lipinski definition) is 3. The van der Waals surface area contributed by atoms with Gasteiger partial charge in [-0.25, -0.2) is 4.68 Å². The number of carbonyl (C=O) groups excluding carboxylic acids is 1. The van der Waals surface area contributed by atoms with Crippen molar-refractivity contribution in [1.82, 2.24) is 9.78 Å². The molecule has 5 heteroatoms. The molecule has 0 radical (unpaired) electrons. The molecule has 1 aromatic heterocycles. The van der Waals surface area contributed by atoms with E-state index in [0.29, 0.717) is 23.0 Å². The Labute approximate surface area is 175 Å². The Morgan fingerprint density at radius 3 is 2.20 bits per heavy atom. The highest BCUT2D eigenvalue weighted by Gasteiger charge is 2.16. The summed E-state index contributed by atoms with van der Waals surface area (Å²) < 4.78 is 1.40. The molecule has 4 aromatic rings. The minimum Gasteiger partial charge on any atom is -0.321 e. The summed E-state index contributed by atoms with van der Waals surface area (Å²) in [7, 11) is 0. The fourth-order valence-corrected chi connectivity index (χ4v) is 3.43. The van der Waals surface area contributed by atoms with Gasteiger partial charge in [0.15, 0.2) is 5.69 Å². The maximum Gasteiger partial charge on any atom is 0.276 e. The van der Waals surface area contributed by atoms with Crippen molar-refractivity contribution in [3.63, 3.8) is 0 Å². The third-order valence-electron chi connectivity index (χ3n) is 5.06. The molecule has 0 aliphatic rings. The van der Waals surface area contributed by atoms with Gasteiger partial charge in [0.05, 0.1) is 5.39 Å². The van der Waals surface area contributed by atoms with Gasteiger partial charge in [-0.15, -0.1) is 0 Å². The largest absolute Gasteiger partial charge is 0.321 e. The normalized spacial score (nSPS) is 10.8. The number of amides is 1. The molecular weight excluding hydrogens is 374 g/mol. The van der Waals surface area contributed by atoms with Crippen LogP contribution in [0.25, 0.3) is 21.9 Å². The standard InChI is InChI=1S/C25H23N3O2/c1-2-3-17-28-25(30)22-12-8-7-11-21(22)23(27-28)24(29)26-20-15-13-19(14-16-20)18-9-5-4-6-10-18/h4-16H,2-3,17H2,1H3,(H,26,29). The molecular formula is C25H23N3O2. The van der Waals surface area contributed by atoms with E-state index in [1.807, 2.05) is 60.7 Å². The molecule has 1 heterocycles. The summed E-state index contributed by atoms with van der Waals surface area (Å²) >= 11 is 0. The van der Waals surface area contributed by atoms with Crippen LogP contribution in [0, 0.1) is 0 Å². The summed E-state index contributed by atoms with van der Waals surface area (Å²) in [5.41, 5.74) is 2.96. The molecule has 0 atom stereocenters. The molecule has 0 saturated heterocycles. The van der Waals surface area contributed by atoms with Crippen molar-refractivity contribution in [2.75, 3.05) is 5.32 Å². The fraction of sp³-hybridized carbons (Fsp3) is 0.160. The van der Waals surface area contributed by atoms with E-state index in [-0.39, 0.29) is 17.2 Å². The number of aromatic nitrogens is 2. The molecule has 3 aromatic carbocycles. The number of nitrogens with one attached hydrogen (secondary N) is 1. The van der Waals surface area contributed by atoms with Gasteiger partial charge in [0.2, 0.25) is 0 Å².